The molecule has 1 unspecified atom stereocenters. The monoisotopic (exact) mass is 260 g/mol. The number of aromatic hydroxyl groups is 1. The number of phenols is 1. The minimum Gasteiger partial charge on any atom is -0.508 e. The highest BCUT2D eigenvalue weighted by molar-refractivity contribution is 6.31. The fraction of sp³-hybridized carbons (Fsp3) is 0.200. The van der Waals surface area contributed by atoms with Gasteiger partial charge < -0.3 is 9.84 Å². The van der Waals surface area contributed by atoms with Gasteiger partial charge in [-0.1, -0.05) is 29.8 Å². The summed E-state index contributed by atoms with van der Waals surface area (Å²) in [6, 6.07) is 13.0. The highest BCUT2D eigenvalue weighted by atomic mass is 35.5. The third-order valence-corrected chi connectivity index (χ3v) is 3.59. The van der Waals surface area contributed by atoms with Crippen LogP contribution >= 0.6 is 11.6 Å². The average molecular weight is 261 g/mol. The second-order valence-corrected chi connectivity index (χ2v) is 4.87. The zero-order valence-electron chi connectivity index (χ0n) is 9.77. The molecule has 1 aliphatic rings. The number of benzene rings is 2. The largest absolute Gasteiger partial charge is 0.508 e. The van der Waals surface area contributed by atoms with Crippen LogP contribution in [-0.2, 0) is 6.42 Å². The molecule has 0 fully saturated rings. The number of aryl methyl sites for hydroxylation is 1. The van der Waals surface area contributed by atoms with Gasteiger partial charge in [0.25, 0.3) is 0 Å². The van der Waals surface area contributed by atoms with Gasteiger partial charge >= 0.3 is 0 Å². The molecule has 0 saturated carbocycles. The number of halogens is 1. The third-order valence-electron chi connectivity index (χ3n) is 3.24. The zero-order valence-corrected chi connectivity index (χ0v) is 10.5. The van der Waals surface area contributed by atoms with Crippen LogP contribution in [0, 0.1) is 0 Å². The Morgan fingerprint density at radius 2 is 2.00 bits per heavy atom. The minimum absolute atomic E-state index is 0.00394. The first kappa shape index (κ1) is 11.4. The smallest absolute Gasteiger partial charge is 0.125 e. The number of fused-ring (bicyclic) bond motifs is 1. The van der Waals surface area contributed by atoms with Crippen LogP contribution < -0.4 is 4.74 Å². The van der Waals surface area contributed by atoms with Crippen LogP contribution in [0.3, 0.4) is 0 Å². The molecule has 0 aromatic heterocycles. The van der Waals surface area contributed by atoms with Crippen LogP contribution in [0.1, 0.15) is 23.7 Å². The molecule has 18 heavy (non-hydrogen) atoms. The molecule has 2 aromatic rings. The predicted octanol–water partition coefficient (Wildman–Crippen LogP) is 4.11. The van der Waals surface area contributed by atoms with Gasteiger partial charge in [-0.25, -0.2) is 0 Å². The van der Waals surface area contributed by atoms with E-state index in [9.17, 15) is 5.11 Å². The summed E-state index contributed by atoms with van der Waals surface area (Å²) in [6.07, 6.45) is 1.76. The standard InChI is InChI=1S/C15H13ClO2/c16-13-4-2-1-3-12(13)15-7-5-10-9-11(17)6-8-14(10)18-15/h1-4,6,8-9,15,17H,5,7H2. The van der Waals surface area contributed by atoms with Crippen LogP contribution in [-0.4, -0.2) is 5.11 Å². The average Bonchev–Trinajstić information content (AvgIpc) is 2.39. The van der Waals surface area contributed by atoms with Gasteiger partial charge in [0.15, 0.2) is 0 Å². The number of hydrogen-bond acceptors (Lipinski definition) is 2. The minimum atomic E-state index is -0.00394. The molecule has 0 aliphatic carbocycles. The summed E-state index contributed by atoms with van der Waals surface area (Å²) in [5.74, 6) is 1.12. The normalized spacial score (nSPS) is 17.9. The Morgan fingerprint density at radius 1 is 1.17 bits per heavy atom. The predicted molar refractivity (Wildman–Crippen MR) is 71.2 cm³/mol. The highest BCUT2D eigenvalue weighted by Crippen LogP contribution is 2.38. The molecule has 1 N–H and O–H groups in total. The lowest BCUT2D eigenvalue weighted by molar-refractivity contribution is 0.176. The molecule has 1 heterocycles. The van der Waals surface area contributed by atoms with E-state index in [1.807, 2.05) is 30.3 Å². The summed E-state index contributed by atoms with van der Waals surface area (Å²) >= 11 is 6.19. The second-order valence-electron chi connectivity index (χ2n) is 4.46. The van der Waals surface area contributed by atoms with Crippen molar-refractivity contribution in [3.05, 3.63) is 58.6 Å². The number of hydrogen-bond donors (Lipinski definition) is 1. The molecule has 0 saturated heterocycles. The van der Waals surface area contributed by atoms with Crippen molar-refractivity contribution < 1.29 is 9.84 Å². The van der Waals surface area contributed by atoms with Crippen molar-refractivity contribution >= 4 is 11.6 Å². The van der Waals surface area contributed by atoms with E-state index in [0.29, 0.717) is 0 Å². The SMILES string of the molecule is Oc1ccc2c(c1)CCC(c1ccccc1Cl)O2. The van der Waals surface area contributed by atoms with Crippen LogP contribution in [0.15, 0.2) is 42.5 Å². The van der Waals surface area contributed by atoms with Crippen molar-refractivity contribution in [1.29, 1.82) is 0 Å². The van der Waals surface area contributed by atoms with Gasteiger partial charge in [0.05, 0.1) is 0 Å². The van der Waals surface area contributed by atoms with Gasteiger partial charge in [-0.05, 0) is 42.7 Å². The van der Waals surface area contributed by atoms with E-state index in [2.05, 4.69) is 0 Å². The van der Waals surface area contributed by atoms with E-state index in [4.69, 9.17) is 16.3 Å². The maximum atomic E-state index is 9.44. The van der Waals surface area contributed by atoms with Crippen LogP contribution in [0.25, 0.3) is 0 Å². The molecule has 3 heteroatoms. The van der Waals surface area contributed by atoms with Crippen molar-refractivity contribution in [3.63, 3.8) is 0 Å². The topological polar surface area (TPSA) is 29.5 Å². The Bertz CT molecular complexity index is 580. The maximum Gasteiger partial charge on any atom is 0.125 e. The van der Waals surface area contributed by atoms with Crippen molar-refractivity contribution in [2.75, 3.05) is 0 Å². The van der Waals surface area contributed by atoms with Gasteiger partial charge in [0.1, 0.15) is 17.6 Å². The molecule has 3 rings (SSSR count). The summed E-state index contributed by atoms with van der Waals surface area (Å²) < 4.78 is 5.96. The molecule has 2 nitrogen and oxygen atoms in total. The van der Waals surface area contributed by atoms with Crippen LogP contribution in [0.2, 0.25) is 5.02 Å². The fourth-order valence-electron chi connectivity index (χ4n) is 2.33. The summed E-state index contributed by atoms with van der Waals surface area (Å²) in [4.78, 5) is 0. The Kier molecular flexibility index (Phi) is 2.88. The van der Waals surface area contributed by atoms with Crippen molar-refractivity contribution in [3.8, 4) is 11.5 Å². The lowest BCUT2D eigenvalue weighted by Gasteiger charge is -2.27. The van der Waals surface area contributed by atoms with Gasteiger partial charge in [0, 0.05) is 10.6 Å². The lowest BCUT2D eigenvalue weighted by atomic mass is 9.97. The molecule has 1 atom stereocenters. The molecule has 1 aliphatic heterocycles. The molecule has 0 spiro atoms. The van der Waals surface area contributed by atoms with E-state index in [1.165, 1.54) is 0 Å². The highest BCUT2D eigenvalue weighted by Gasteiger charge is 2.23. The fourth-order valence-corrected chi connectivity index (χ4v) is 2.59. The third kappa shape index (κ3) is 2.04. The van der Waals surface area contributed by atoms with Crippen molar-refractivity contribution in [2.24, 2.45) is 0 Å². The van der Waals surface area contributed by atoms with Crippen LogP contribution in [0.4, 0.5) is 0 Å². The van der Waals surface area contributed by atoms with Gasteiger partial charge in [-0.15, -0.1) is 0 Å². The number of ether oxygens (including phenoxy) is 1. The zero-order chi connectivity index (χ0) is 12.5. The summed E-state index contributed by atoms with van der Waals surface area (Å²) in [6.45, 7) is 0. The molecule has 0 radical (unpaired) electrons. The number of rotatable bonds is 1. The van der Waals surface area contributed by atoms with Gasteiger partial charge in [-0.3, -0.25) is 0 Å². The van der Waals surface area contributed by atoms with Crippen molar-refractivity contribution in [1.82, 2.24) is 0 Å². The van der Waals surface area contributed by atoms with E-state index in [-0.39, 0.29) is 11.9 Å². The molecule has 0 bridgehead atoms. The Morgan fingerprint density at radius 3 is 2.83 bits per heavy atom. The molecule has 92 valence electrons. The van der Waals surface area contributed by atoms with Crippen LogP contribution in [0.5, 0.6) is 11.5 Å². The van der Waals surface area contributed by atoms with Crippen molar-refractivity contribution in [2.45, 2.75) is 18.9 Å². The molecular formula is C15H13ClO2. The first-order valence-corrected chi connectivity index (χ1v) is 6.35. The Balaban J connectivity index is 1.92. The molecule has 0 amide bonds. The summed E-state index contributed by atoms with van der Waals surface area (Å²) in [5.41, 5.74) is 2.08. The van der Waals surface area contributed by atoms with E-state index in [1.54, 1.807) is 12.1 Å². The Hall–Kier alpha value is -1.67. The quantitative estimate of drug-likeness (QED) is 0.836. The van der Waals surface area contributed by atoms with E-state index < -0.39 is 0 Å². The first-order chi connectivity index (χ1) is 8.74. The molecule has 2 aromatic carbocycles. The summed E-state index contributed by atoms with van der Waals surface area (Å²) in [7, 11) is 0. The van der Waals surface area contributed by atoms with E-state index in [0.717, 1.165) is 34.7 Å². The maximum absolute atomic E-state index is 9.44. The molecular weight excluding hydrogens is 248 g/mol. The summed E-state index contributed by atoms with van der Waals surface area (Å²) in [5, 5.41) is 10.2. The van der Waals surface area contributed by atoms with E-state index >= 15 is 0 Å². The Labute approximate surface area is 111 Å². The first-order valence-electron chi connectivity index (χ1n) is 5.97. The second kappa shape index (κ2) is 4.54. The number of phenolic OH excluding ortho intramolecular Hbond substituents is 1. The van der Waals surface area contributed by atoms with Gasteiger partial charge in [-0.2, -0.15) is 0 Å². The van der Waals surface area contributed by atoms with Gasteiger partial charge in [0.2, 0.25) is 0 Å². The lowest BCUT2D eigenvalue weighted by Crippen LogP contribution is -2.15.